The van der Waals surface area contributed by atoms with Gasteiger partial charge in [-0.3, -0.25) is 0 Å². The molecule has 16 heavy (non-hydrogen) atoms. The van der Waals surface area contributed by atoms with E-state index in [1.165, 1.54) is 24.0 Å². The molecule has 2 aliphatic rings. The summed E-state index contributed by atoms with van der Waals surface area (Å²) in [7, 11) is 0. The first kappa shape index (κ1) is 10.3. The average molecular weight is 235 g/mol. The van der Waals surface area contributed by atoms with E-state index >= 15 is 0 Å². The Balaban J connectivity index is 1.90. The van der Waals surface area contributed by atoms with Gasteiger partial charge in [-0.2, -0.15) is 0 Å². The zero-order valence-corrected chi connectivity index (χ0v) is 10.1. The molecule has 0 amide bonds. The lowest BCUT2D eigenvalue weighted by Crippen LogP contribution is -2.20. The van der Waals surface area contributed by atoms with Gasteiger partial charge in [0.2, 0.25) is 0 Å². The number of hydrogen-bond donors (Lipinski definition) is 1. The van der Waals surface area contributed by atoms with Crippen LogP contribution in [0.4, 0.5) is 0 Å². The molecule has 1 aliphatic carbocycles. The minimum Gasteiger partial charge on any atom is -0.310 e. The number of nitrogens with one attached hydrogen (secondary N) is 1. The maximum atomic E-state index is 5.94. The lowest BCUT2D eigenvalue weighted by atomic mass is 9.99. The van der Waals surface area contributed by atoms with Crippen LogP contribution in [0.25, 0.3) is 5.57 Å². The summed E-state index contributed by atoms with van der Waals surface area (Å²) in [6.45, 7) is 3.17. The van der Waals surface area contributed by atoms with Gasteiger partial charge in [-0.25, -0.2) is 4.98 Å². The number of nitrogens with zero attached hydrogens (tertiary/aromatic N) is 1. The molecule has 2 unspecified atom stereocenters. The van der Waals surface area contributed by atoms with Crippen LogP contribution < -0.4 is 5.32 Å². The monoisotopic (exact) mass is 234 g/mol. The second kappa shape index (κ2) is 3.86. The van der Waals surface area contributed by atoms with Gasteiger partial charge in [0.05, 0.1) is 0 Å². The van der Waals surface area contributed by atoms with Gasteiger partial charge in [0.25, 0.3) is 0 Å². The summed E-state index contributed by atoms with van der Waals surface area (Å²) in [6, 6.07) is 2.73. The third-order valence-electron chi connectivity index (χ3n) is 3.65. The van der Waals surface area contributed by atoms with E-state index in [2.05, 4.69) is 22.4 Å². The van der Waals surface area contributed by atoms with Crippen LogP contribution in [0.1, 0.15) is 24.0 Å². The summed E-state index contributed by atoms with van der Waals surface area (Å²) in [5, 5.41) is 4.13. The summed E-state index contributed by atoms with van der Waals surface area (Å²) in [5.41, 5.74) is 3.72. The van der Waals surface area contributed by atoms with Gasteiger partial charge in [0, 0.05) is 12.2 Å². The highest BCUT2D eigenvalue weighted by molar-refractivity contribution is 6.30. The normalized spacial score (nSPS) is 28.0. The van der Waals surface area contributed by atoms with Crippen molar-refractivity contribution in [2.75, 3.05) is 6.54 Å². The summed E-state index contributed by atoms with van der Waals surface area (Å²) < 4.78 is 0. The van der Waals surface area contributed by atoms with Gasteiger partial charge < -0.3 is 5.32 Å². The lowest BCUT2D eigenvalue weighted by Gasteiger charge is -2.07. The van der Waals surface area contributed by atoms with E-state index in [4.69, 9.17) is 11.6 Å². The molecule has 0 aromatic carbocycles. The van der Waals surface area contributed by atoms with Crippen LogP contribution in [0.15, 0.2) is 18.3 Å². The zero-order chi connectivity index (χ0) is 11.1. The number of fused-ring (bicyclic) bond motifs is 1. The molecule has 1 saturated heterocycles. The highest BCUT2D eigenvalue weighted by Gasteiger charge is 2.31. The Morgan fingerprint density at radius 1 is 1.50 bits per heavy atom. The molecule has 3 heteroatoms. The summed E-state index contributed by atoms with van der Waals surface area (Å²) in [4.78, 5) is 4.22. The standard InChI is InChI=1S/C13H15ClN2/c1-8-4-11(7-16-13(8)14)10-5-9-2-3-15-12(9)6-10/h4,6-7,9,12,15H,2-3,5H2,1H3. The van der Waals surface area contributed by atoms with Crippen molar-refractivity contribution in [2.45, 2.75) is 25.8 Å². The van der Waals surface area contributed by atoms with Crippen molar-refractivity contribution < 1.29 is 0 Å². The van der Waals surface area contributed by atoms with Gasteiger partial charge in [-0.05, 0) is 55.0 Å². The first-order chi connectivity index (χ1) is 7.74. The highest BCUT2D eigenvalue weighted by atomic mass is 35.5. The smallest absolute Gasteiger partial charge is 0.131 e. The van der Waals surface area contributed by atoms with Crippen molar-refractivity contribution in [1.82, 2.24) is 10.3 Å². The molecular formula is C13H15ClN2. The topological polar surface area (TPSA) is 24.9 Å². The predicted molar refractivity (Wildman–Crippen MR) is 66.5 cm³/mol. The average Bonchev–Trinajstić information content (AvgIpc) is 2.81. The molecule has 84 valence electrons. The molecule has 1 N–H and O–H groups in total. The first-order valence-electron chi connectivity index (χ1n) is 5.80. The van der Waals surface area contributed by atoms with Gasteiger partial charge >= 0.3 is 0 Å². The fourth-order valence-corrected chi connectivity index (χ4v) is 2.82. The molecule has 0 saturated carbocycles. The maximum absolute atomic E-state index is 5.94. The minimum atomic E-state index is 0.589. The second-order valence-corrected chi connectivity index (χ2v) is 5.11. The van der Waals surface area contributed by atoms with E-state index in [1.807, 2.05) is 13.1 Å². The number of rotatable bonds is 1. The Hall–Kier alpha value is -0.860. The number of aromatic nitrogens is 1. The van der Waals surface area contributed by atoms with Crippen molar-refractivity contribution in [2.24, 2.45) is 5.92 Å². The van der Waals surface area contributed by atoms with E-state index in [9.17, 15) is 0 Å². The quantitative estimate of drug-likeness (QED) is 0.756. The molecule has 2 heterocycles. The fourth-order valence-electron chi connectivity index (χ4n) is 2.72. The van der Waals surface area contributed by atoms with Crippen LogP contribution in [0.5, 0.6) is 0 Å². The molecule has 1 fully saturated rings. The minimum absolute atomic E-state index is 0.589. The van der Waals surface area contributed by atoms with Crippen molar-refractivity contribution in [3.63, 3.8) is 0 Å². The fraction of sp³-hybridized carbons (Fsp3) is 0.462. The zero-order valence-electron chi connectivity index (χ0n) is 9.33. The maximum Gasteiger partial charge on any atom is 0.131 e. The van der Waals surface area contributed by atoms with E-state index in [1.54, 1.807) is 0 Å². The second-order valence-electron chi connectivity index (χ2n) is 4.76. The van der Waals surface area contributed by atoms with Crippen LogP contribution in [0.2, 0.25) is 5.15 Å². The van der Waals surface area contributed by atoms with E-state index in [0.29, 0.717) is 11.2 Å². The number of aryl methyl sites for hydroxylation is 1. The summed E-state index contributed by atoms with van der Waals surface area (Å²) >= 11 is 5.94. The molecule has 1 aromatic rings. The molecule has 2 atom stereocenters. The molecule has 0 spiro atoms. The Bertz CT molecular complexity index is 453. The van der Waals surface area contributed by atoms with Gasteiger partial charge in [-0.1, -0.05) is 17.7 Å². The van der Waals surface area contributed by atoms with Crippen molar-refractivity contribution >= 4 is 17.2 Å². The van der Waals surface area contributed by atoms with Crippen LogP contribution in [-0.4, -0.2) is 17.6 Å². The third kappa shape index (κ3) is 1.66. The molecule has 2 nitrogen and oxygen atoms in total. The third-order valence-corrected chi connectivity index (χ3v) is 4.05. The molecule has 3 rings (SSSR count). The molecule has 1 aromatic heterocycles. The number of pyridine rings is 1. The van der Waals surface area contributed by atoms with Crippen LogP contribution in [0.3, 0.4) is 0 Å². The van der Waals surface area contributed by atoms with Crippen LogP contribution in [0, 0.1) is 12.8 Å². The van der Waals surface area contributed by atoms with E-state index in [0.717, 1.165) is 18.0 Å². The van der Waals surface area contributed by atoms with Gasteiger partial charge in [-0.15, -0.1) is 0 Å². The summed E-state index contributed by atoms with van der Waals surface area (Å²) in [5.74, 6) is 0.797. The predicted octanol–water partition coefficient (Wildman–Crippen LogP) is 2.81. The van der Waals surface area contributed by atoms with Crippen molar-refractivity contribution in [3.05, 3.63) is 34.6 Å². The van der Waals surface area contributed by atoms with Crippen LogP contribution >= 0.6 is 11.6 Å². The largest absolute Gasteiger partial charge is 0.310 e. The Kier molecular flexibility index (Phi) is 2.49. The number of hydrogen-bond acceptors (Lipinski definition) is 2. The van der Waals surface area contributed by atoms with Crippen LogP contribution in [-0.2, 0) is 0 Å². The Morgan fingerprint density at radius 2 is 2.38 bits per heavy atom. The van der Waals surface area contributed by atoms with E-state index in [-0.39, 0.29) is 0 Å². The molecule has 0 radical (unpaired) electrons. The van der Waals surface area contributed by atoms with E-state index < -0.39 is 0 Å². The molecule has 0 bridgehead atoms. The Morgan fingerprint density at radius 3 is 3.12 bits per heavy atom. The van der Waals surface area contributed by atoms with Crippen molar-refractivity contribution in [3.8, 4) is 0 Å². The Labute approximate surface area is 101 Å². The lowest BCUT2D eigenvalue weighted by molar-refractivity contribution is 0.553. The number of allylic oxidation sites excluding steroid dienone is 1. The van der Waals surface area contributed by atoms with Crippen molar-refractivity contribution in [1.29, 1.82) is 0 Å². The van der Waals surface area contributed by atoms with Gasteiger partial charge in [0.1, 0.15) is 5.15 Å². The summed E-state index contributed by atoms with van der Waals surface area (Å²) in [6.07, 6.45) is 6.73. The first-order valence-corrected chi connectivity index (χ1v) is 6.18. The SMILES string of the molecule is Cc1cc(C2=CC3NCCC3C2)cnc1Cl. The number of halogens is 1. The highest BCUT2D eigenvalue weighted by Crippen LogP contribution is 2.37. The van der Waals surface area contributed by atoms with Gasteiger partial charge in [0.15, 0.2) is 0 Å². The molecule has 1 aliphatic heterocycles. The molecular weight excluding hydrogens is 220 g/mol.